The Morgan fingerprint density at radius 2 is 2.11 bits per heavy atom. The molecule has 2 atom stereocenters. The van der Waals surface area contributed by atoms with Crippen molar-refractivity contribution in [3.8, 4) is 5.75 Å². The first-order valence-electron chi connectivity index (χ1n) is 6.90. The second-order valence-electron chi connectivity index (χ2n) is 5.20. The van der Waals surface area contributed by atoms with Crippen molar-refractivity contribution in [3.63, 3.8) is 0 Å². The maximum atomic E-state index is 5.39. The molecule has 0 radical (unpaired) electrons. The van der Waals surface area contributed by atoms with Gasteiger partial charge in [-0.2, -0.15) is 0 Å². The lowest BCUT2D eigenvalue weighted by Gasteiger charge is -2.30. The molecule has 1 aliphatic rings. The highest BCUT2D eigenvalue weighted by Gasteiger charge is 2.21. The van der Waals surface area contributed by atoms with Crippen molar-refractivity contribution in [2.24, 2.45) is 5.92 Å². The molecule has 3 nitrogen and oxygen atoms in total. The Kier molecular flexibility index (Phi) is 5.02. The predicted octanol–water partition coefficient (Wildman–Crippen LogP) is 3.56. The van der Waals surface area contributed by atoms with Crippen LogP contribution in [0.15, 0.2) is 24.3 Å². The second-order valence-corrected chi connectivity index (χ2v) is 5.61. The molecule has 104 valence electrons. The molecule has 1 saturated carbocycles. The van der Waals surface area contributed by atoms with Crippen LogP contribution in [0.25, 0.3) is 0 Å². The van der Waals surface area contributed by atoms with E-state index in [-0.39, 0.29) is 0 Å². The molecule has 1 fully saturated rings. The maximum Gasteiger partial charge on any atom is 0.171 e. The van der Waals surface area contributed by atoms with Crippen LogP contribution in [-0.4, -0.2) is 18.3 Å². The molecule has 0 bridgehead atoms. The molecule has 1 aromatic rings. The summed E-state index contributed by atoms with van der Waals surface area (Å²) >= 11 is 5.39. The number of ether oxygens (including phenoxy) is 1. The Morgan fingerprint density at radius 1 is 1.32 bits per heavy atom. The summed E-state index contributed by atoms with van der Waals surface area (Å²) < 4.78 is 5.20. The molecular formula is C15H22N2OS. The zero-order chi connectivity index (χ0) is 13.7. The van der Waals surface area contributed by atoms with Gasteiger partial charge in [-0.1, -0.05) is 25.8 Å². The van der Waals surface area contributed by atoms with E-state index in [0.29, 0.717) is 17.1 Å². The van der Waals surface area contributed by atoms with E-state index in [4.69, 9.17) is 17.0 Å². The fourth-order valence-electron chi connectivity index (χ4n) is 2.57. The fraction of sp³-hybridized carbons (Fsp3) is 0.533. The first-order valence-corrected chi connectivity index (χ1v) is 7.31. The van der Waals surface area contributed by atoms with E-state index in [1.54, 1.807) is 7.11 Å². The van der Waals surface area contributed by atoms with Crippen LogP contribution in [0.3, 0.4) is 0 Å². The molecule has 0 amide bonds. The van der Waals surface area contributed by atoms with Crippen molar-refractivity contribution in [2.45, 2.75) is 38.6 Å². The van der Waals surface area contributed by atoms with E-state index in [0.717, 1.165) is 11.4 Å². The molecule has 19 heavy (non-hydrogen) atoms. The lowest BCUT2D eigenvalue weighted by molar-refractivity contribution is 0.309. The molecule has 2 unspecified atom stereocenters. The van der Waals surface area contributed by atoms with Crippen LogP contribution >= 0.6 is 12.2 Å². The van der Waals surface area contributed by atoms with Gasteiger partial charge in [-0.05, 0) is 43.1 Å². The third-order valence-corrected chi connectivity index (χ3v) is 3.98. The van der Waals surface area contributed by atoms with Crippen molar-refractivity contribution >= 4 is 23.0 Å². The summed E-state index contributed by atoms with van der Waals surface area (Å²) in [4.78, 5) is 0. The quantitative estimate of drug-likeness (QED) is 0.828. The monoisotopic (exact) mass is 278 g/mol. The lowest BCUT2D eigenvalue weighted by atomic mass is 9.86. The van der Waals surface area contributed by atoms with Gasteiger partial charge in [0, 0.05) is 17.8 Å². The maximum absolute atomic E-state index is 5.39. The van der Waals surface area contributed by atoms with E-state index in [1.165, 1.54) is 25.7 Å². The standard InChI is InChI=1S/C15H22N2OS/c1-11-6-3-4-9-14(11)17-15(19)16-12-7-5-8-13(10-12)18-2/h5,7-8,10-11,14H,3-4,6,9H2,1-2H3,(H2,16,17,19). The topological polar surface area (TPSA) is 33.3 Å². The summed E-state index contributed by atoms with van der Waals surface area (Å²) in [6.45, 7) is 2.30. The van der Waals surface area contributed by atoms with Gasteiger partial charge in [-0.3, -0.25) is 0 Å². The molecule has 0 heterocycles. The Bertz CT molecular complexity index is 436. The van der Waals surface area contributed by atoms with Crippen molar-refractivity contribution in [2.75, 3.05) is 12.4 Å². The number of benzene rings is 1. The molecule has 0 aromatic heterocycles. The molecule has 0 saturated heterocycles. The van der Waals surface area contributed by atoms with Gasteiger partial charge in [0.1, 0.15) is 5.75 Å². The lowest BCUT2D eigenvalue weighted by Crippen LogP contribution is -2.43. The van der Waals surface area contributed by atoms with E-state index < -0.39 is 0 Å². The predicted molar refractivity (Wildman–Crippen MR) is 83.8 cm³/mol. The summed E-state index contributed by atoms with van der Waals surface area (Å²) in [5, 5.41) is 7.36. The molecule has 2 rings (SSSR count). The number of hydrogen-bond acceptors (Lipinski definition) is 2. The van der Waals surface area contributed by atoms with Gasteiger partial charge < -0.3 is 15.4 Å². The van der Waals surface area contributed by atoms with Crippen molar-refractivity contribution < 1.29 is 4.74 Å². The Balaban J connectivity index is 1.89. The van der Waals surface area contributed by atoms with Gasteiger partial charge in [0.05, 0.1) is 7.11 Å². The third kappa shape index (κ3) is 4.10. The highest BCUT2D eigenvalue weighted by Crippen LogP contribution is 2.24. The van der Waals surface area contributed by atoms with Crippen molar-refractivity contribution in [1.29, 1.82) is 0 Å². The molecule has 4 heteroatoms. The van der Waals surface area contributed by atoms with Crippen LogP contribution in [0.2, 0.25) is 0 Å². The van der Waals surface area contributed by atoms with E-state index in [9.17, 15) is 0 Å². The number of rotatable bonds is 3. The first kappa shape index (κ1) is 14.1. The zero-order valence-electron chi connectivity index (χ0n) is 11.6. The van der Waals surface area contributed by atoms with E-state index in [2.05, 4.69) is 17.6 Å². The summed E-state index contributed by atoms with van der Waals surface area (Å²) in [6.07, 6.45) is 5.14. The van der Waals surface area contributed by atoms with Crippen LogP contribution in [0, 0.1) is 5.92 Å². The van der Waals surface area contributed by atoms with Gasteiger partial charge in [-0.15, -0.1) is 0 Å². The molecule has 1 aromatic carbocycles. The average Bonchev–Trinajstić information content (AvgIpc) is 2.41. The minimum Gasteiger partial charge on any atom is -0.497 e. The average molecular weight is 278 g/mol. The molecule has 1 aliphatic carbocycles. The van der Waals surface area contributed by atoms with Crippen LogP contribution in [-0.2, 0) is 0 Å². The van der Waals surface area contributed by atoms with Crippen LogP contribution in [0.5, 0.6) is 5.75 Å². The van der Waals surface area contributed by atoms with Gasteiger partial charge >= 0.3 is 0 Å². The van der Waals surface area contributed by atoms with Crippen LogP contribution in [0.1, 0.15) is 32.6 Å². The fourth-order valence-corrected chi connectivity index (χ4v) is 2.84. The minimum atomic E-state index is 0.499. The Hall–Kier alpha value is -1.29. The largest absolute Gasteiger partial charge is 0.497 e. The van der Waals surface area contributed by atoms with E-state index >= 15 is 0 Å². The zero-order valence-corrected chi connectivity index (χ0v) is 12.4. The number of methoxy groups -OCH3 is 1. The SMILES string of the molecule is COc1cccc(NC(=S)NC2CCCCC2C)c1. The number of nitrogens with one attached hydrogen (secondary N) is 2. The Morgan fingerprint density at radius 3 is 2.84 bits per heavy atom. The first-order chi connectivity index (χ1) is 9.19. The second kappa shape index (κ2) is 6.75. The summed E-state index contributed by atoms with van der Waals surface area (Å²) in [5.74, 6) is 1.53. The number of anilines is 1. The normalized spacial score (nSPS) is 22.6. The number of thiocarbonyl (C=S) groups is 1. The van der Waals surface area contributed by atoms with Crippen molar-refractivity contribution in [3.05, 3.63) is 24.3 Å². The Labute approximate surface area is 120 Å². The highest BCUT2D eigenvalue weighted by molar-refractivity contribution is 7.80. The summed E-state index contributed by atoms with van der Waals surface area (Å²) in [5.41, 5.74) is 0.959. The highest BCUT2D eigenvalue weighted by atomic mass is 32.1. The summed E-state index contributed by atoms with van der Waals surface area (Å²) in [7, 11) is 1.67. The minimum absolute atomic E-state index is 0.499. The third-order valence-electron chi connectivity index (χ3n) is 3.76. The molecule has 0 spiro atoms. The smallest absolute Gasteiger partial charge is 0.171 e. The van der Waals surface area contributed by atoms with Crippen LogP contribution in [0.4, 0.5) is 5.69 Å². The van der Waals surface area contributed by atoms with Gasteiger partial charge in [0.15, 0.2) is 5.11 Å². The summed E-state index contributed by atoms with van der Waals surface area (Å²) in [6, 6.07) is 8.30. The van der Waals surface area contributed by atoms with E-state index in [1.807, 2.05) is 24.3 Å². The molecule has 0 aliphatic heterocycles. The van der Waals surface area contributed by atoms with Gasteiger partial charge in [0.2, 0.25) is 0 Å². The molecule has 2 N–H and O–H groups in total. The van der Waals surface area contributed by atoms with Crippen LogP contribution < -0.4 is 15.4 Å². The van der Waals surface area contributed by atoms with Gasteiger partial charge in [0.25, 0.3) is 0 Å². The molecular weight excluding hydrogens is 256 g/mol. The van der Waals surface area contributed by atoms with Gasteiger partial charge in [-0.25, -0.2) is 0 Å². The number of hydrogen-bond donors (Lipinski definition) is 2. The van der Waals surface area contributed by atoms with Crippen molar-refractivity contribution in [1.82, 2.24) is 5.32 Å².